The lowest BCUT2D eigenvalue weighted by atomic mass is 9.95. The molecular weight excluding hydrogens is 546 g/mol. The summed E-state index contributed by atoms with van der Waals surface area (Å²) in [7, 11) is -14.0. The zero-order valence-electron chi connectivity index (χ0n) is 18.6. The Hall–Kier alpha value is -2.43. The normalized spacial score (nSPS) is 14.6. The molecule has 0 bridgehead atoms. The van der Waals surface area contributed by atoms with E-state index in [4.69, 9.17) is 4.55 Å². The summed E-state index contributed by atoms with van der Waals surface area (Å²) in [6.45, 7) is 1.47. The number of hydrogen-bond acceptors (Lipinski definition) is 7. The van der Waals surface area contributed by atoms with Gasteiger partial charge in [-0.05, 0) is 40.8 Å². The molecule has 0 fully saturated rings. The lowest BCUT2D eigenvalue weighted by Gasteiger charge is -2.29. The van der Waals surface area contributed by atoms with Gasteiger partial charge in [-0.2, -0.15) is 43.2 Å². The van der Waals surface area contributed by atoms with Gasteiger partial charge >= 0.3 is 42.6 Å². The lowest BCUT2D eigenvalue weighted by Crippen LogP contribution is -2.60. The minimum atomic E-state index is -7.15. The van der Waals surface area contributed by atoms with Crippen molar-refractivity contribution in [1.82, 2.24) is 0 Å². The molecule has 0 radical (unpaired) electrons. The minimum absolute atomic E-state index is 0.0358. The molecule has 8 nitrogen and oxygen atoms in total. The van der Waals surface area contributed by atoms with Crippen molar-refractivity contribution in [1.29, 1.82) is 0 Å². The van der Waals surface area contributed by atoms with Crippen LogP contribution in [0.2, 0.25) is 0 Å². The van der Waals surface area contributed by atoms with Crippen LogP contribution in [0.25, 0.3) is 10.8 Å². The molecule has 0 aliphatic heterocycles. The Balaban J connectivity index is 2.07. The second-order valence-corrected chi connectivity index (χ2v) is 10.7. The third-order valence-electron chi connectivity index (χ3n) is 5.21. The second kappa shape index (κ2) is 10.1. The average Bonchev–Trinajstić information content (AvgIpc) is 2.79. The monoisotopic (exact) mass is 566 g/mol. The Labute approximate surface area is 202 Å². The summed E-state index contributed by atoms with van der Waals surface area (Å²) < 4.78 is 141. The molecule has 0 aromatic heterocycles. The fourth-order valence-corrected chi connectivity index (χ4v) is 4.25. The van der Waals surface area contributed by atoms with Gasteiger partial charge in [0.15, 0.2) is 0 Å². The summed E-state index contributed by atoms with van der Waals surface area (Å²) in [5.41, 5.74) is 1.03. The highest BCUT2D eigenvalue weighted by Gasteiger charge is 2.82. The van der Waals surface area contributed by atoms with Crippen molar-refractivity contribution in [3.05, 3.63) is 47.5 Å². The molecular formula is C20H20F6O8S2. The van der Waals surface area contributed by atoms with Crippen LogP contribution in [0.4, 0.5) is 26.3 Å². The maximum Gasteiger partial charge on any atom is 0.439 e. The van der Waals surface area contributed by atoms with E-state index in [1.165, 1.54) is 12.1 Å². The maximum atomic E-state index is 13.7. The Bertz CT molecular complexity index is 1340. The fraction of sp³-hybridized carbons (Fsp3) is 0.450. The molecule has 2 aromatic carbocycles. The first-order chi connectivity index (χ1) is 16.3. The van der Waals surface area contributed by atoms with Crippen molar-refractivity contribution in [2.75, 3.05) is 13.2 Å². The van der Waals surface area contributed by atoms with E-state index >= 15 is 0 Å². The van der Waals surface area contributed by atoms with Crippen LogP contribution in [0.15, 0.2) is 36.4 Å². The van der Waals surface area contributed by atoms with Crippen LogP contribution >= 0.6 is 0 Å². The molecule has 0 aliphatic rings. The number of halogens is 6. The van der Waals surface area contributed by atoms with Gasteiger partial charge in [-0.25, -0.2) is 4.79 Å². The predicted octanol–water partition coefficient (Wildman–Crippen LogP) is 4.57. The van der Waals surface area contributed by atoms with E-state index in [1.807, 2.05) is 26.0 Å². The molecule has 0 saturated heterocycles. The summed E-state index contributed by atoms with van der Waals surface area (Å²) in [6.07, 6.45) is 0.903. The average molecular weight is 566 g/mol. The van der Waals surface area contributed by atoms with Gasteiger partial charge in [-0.1, -0.05) is 38.1 Å². The van der Waals surface area contributed by atoms with E-state index in [9.17, 15) is 48.0 Å². The second-order valence-electron chi connectivity index (χ2n) is 7.63. The number of carbonyl (C=O) groups is 1. The summed E-state index contributed by atoms with van der Waals surface area (Å²) >= 11 is 0. The van der Waals surface area contributed by atoms with Crippen molar-refractivity contribution >= 4 is 37.0 Å². The third-order valence-corrected chi connectivity index (χ3v) is 7.47. The molecule has 202 valence electrons. The zero-order valence-corrected chi connectivity index (χ0v) is 20.2. The van der Waals surface area contributed by atoms with Crippen molar-refractivity contribution in [2.45, 2.75) is 42.6 Å². The van der Waals surface area contributed by atoms with Gasteiger partial charge in [-0.15, -0.1) is 0 Å². The van der Waals surface area contributed by atoms with Gasteiger partial charge in [0.05, 0.1) is 5.56 Å². The number of fused-ring (bicyclic) bond motifs is 1. The molecule has 0 spiro atoms. The molecule has 36 heavy (non-hydrogen) atoms. The lowest BCUT2D eigenvalue weighted by molar-refractivity contribution is -0.248. The number of ether oxygens (including phenoxy) is 1. The highest BCUT2D eigenvalue weighted by Crippen LogP contribution is 2.50. The molecule has 2 rings (SSSR count). The van der Waals surface area contributed by atoms with Crippen LogP contribution in [-0.4, -0.2) is 57.0 Å². The summed E-state index contributed by atoms with van der Waals surface area (Å²) in [4.78, 5) is 12.1. The smallest absolute Gasteiger partial charge is 0.439 e. The summed E-state index contributed by atoms with van der Waals surface area (Å²) in [5.74, 6) is -7.90. The van der Waals surface area contributed by atoms with Crippen LogP contribution < -0.4 is 0 Å². The molecule has 16 heteroatoms. The molecule has 1 N–H and O–H groups in total. The Kier molecular flexibility index (Phi) is 8.40. The van der Waals surface area contributed by atoms with Gasteiger partial charge < -0.3 is 4.74 Å². The first kappa shape index (κ1) is 29.8. The van der Waals surface area contributed by atoms with Crippen LogP contribution in [0, 0.1) is 0 Å². The number of alkyl halides is 6. The fourth-order valence-electron chi connectivity index (χ4n) is 2.86. The Morgan fingerprint density at radius 3 is 2.03 bits per heavy atom. The third kappa shape index (κ3) is 5.45. The first-order valence-electron chi connectivity index (χ1n) is 10.0. The number of hydrogen-bond donors (Lipinski definition) is 1. The Morgan fingerprint density at radius 1 is 0.917 bits per heavy atom. The van der Waals surface area contributed by atoms with E-state index < -0.39 is 55.9 Å². The predicted molar refractivity (Wildman–Crippen MR) is 114 cm³/mol. The molecule has 0 amide bonds. The van der Waals surface area contributed by atoms with Gasteiger partial charge in [0, 0.05) is 0 Å². The molecule has 1 unspecified atom stereocenters. The van der Waals surface area contributed by atoms with Gasteiger partial charge in [-0.3, -0.25) is 8.74 Å². The number of esters is 1. The molecule has 2 aromatic rings. The Morgan fingerprint density at radius 2 is 1.47 bits per heavy atom. The summed E-state index contributed by atoms with van der Waals surface area (Å²) in [6, 6.07) is 9.88. The zero-order chi connectivity index (χ0) is 27.7. The quantitative estimate of drug-likeness (QED) is 0.138. The number of carbonyl (C=O) groups excluding carboxylic acids is 1. The highest BCUT2D eigenvalue weighted by molar-refractivity contribution is 7.88. The van der Waals surface area contributed by atoms with E-state index in [0.29, 0.717) is 11.3 Å². The molecule has 1 atom stereocenters. The molecule has 0 heterocycles. The van der Waals surface area contributed by atoms with Crippen LogP contribution in [0.3, 0.4) is 0 Å². The van der Waals surface area contributed by atoms with Gasteiger partial charge in [0.2, 0.25) is 0 Å². The topological polar surface area (TPSA) is 124 Å². The maximum absolute atomic E-state index is 13.7. The van der Waals surface area contributed by atoms with Crippen molar-refractivity contribution in [3.8, 4) is 0 Å². The van der Waals surface area contributed by atoms with Crippen molar-refractivity contribution in [3.63, 3.8) is 0 Å². The van der Waals surface area contributed by atoms with Crippen molar-refractivity contribution < 1.29 is 61.4 Å². The highest BCUT2D eigenvalue weighted by atomic mass is 32.2. The summed E-state index contributed by atoms with van der Waals surface area (Å²) in [5, 5.41) is -12.2. The van der Waals surface area contributed by atoms with E-state index in [-0.39, 0.29) is 5.56 Å². The molecule has 0 saturated carbocycles. The van der Waals surface area contributed by atoms with E-state index in [2.05, 4.69) is 8.92 Å². The first-order valence-corrected chi connectivity index (χ1v) is 12.8. The van der Waals surface area contributed by atoms with Gasteiger partial charge in [0.25, 0.3) is 0 Å². The van der Waals surface area contributed by atoms with Crippen molar-refractivity contribution in [2.24, 2.45) is 0 Å². The largest absolute Gasteiger partial charge is 0.460 e. The minimum Gasteiger partial charge on any atom is -0.460 e. The number of rotatable bonds is 11. The number of benzene rings is 2. The standard InChI is InChI=1S/C20H20F6O8S2/c1-3-12(2)13-4-5-15-11-16(7-6-14(15)10-13)17(27)33-8-9-34-36(31,32)20(25,26)18(21,22)19(23,24)35(28,29)30/h4-7,10-12H,3,8-9H2,1-2H3,(H,28,29,30). The van der Waals surface area contributed by atoms with Gasteiger partial charge in [0.1, 0.15) is 13.2 Å². The van der Waals surface area contributed by atoms with E-state index in [0.717, 1.165) is 17.4 Å². The molecule has 0 aliphatic carbocycles. The SMILES string of the molecule is CCC(C)c1ccc2cc(C(=O)OCCOS(=O)(=O)C(F)(F)C(F)(F)C(F)(F)S(=O)(=O)O)ccc2c1. The van der Waals surface area contributed by atoms with Crippen LogP contribution in [0.5, 0.6) is 0 Å². The van der Waals surface area contributed by atoms with E-state index in [1.54, 1.807) is 12.1 Å². The van der Waals surface area contributed by atoms with Crippen LogP contribution in [-0.2, 0) is 29.2 Å². The van der Waals surface area contributed by atoms with Crippen LogP contribution in [0.1, 0.15) is 42.1 Å².